The fourth-order valence-electron chi connectivity index (χ4n) is 3.44. The van der Waals surface area contributed by atoms with Gasteiger partial charge in [0.15, 0.2) is 0 Å². The number of para-hydroxylation sites is 2. The molecular formula is C28H26N4O4S2. The Hall–Kier alpha value is -4.28. The van der Waals surface area contributed by atoms with E-state index in [9.17, 15) is 16.8 Å². The van der Waals surface area contributed by atoms with Gasteiger partial charge in [0, 0.05) is 11.1 Å². The first-order chi connectivity index (χ1) is 18.1. The van der Waals surface area contributed by atoms with E-state index in [4.69, 9.17) is 0 Å². The fraction of sp³-hybridized carbons (Fsp3) is 0.0714. The van der Waals surface area contributed by atoms with Gasteiger partial charge in [-0.05, 0) is 50.2 Å². The van der Waals surface area contributed by atoms with Crippen molar-refractivity contribution in [1.82, 2.24) is 0 Å². The normalized spacial score (nSPS) is 12.2. The standard InChI is InChI=1S/C28H26N4O4S2/c1-21-11-15-25(16-12-21)37(33,34)31-27-9-5-3-7-23(27)19-29-30-20-24-8-4-6-10-28(24)32-38(35,36)26-17-13-22(2)14-18-26/h3-20,31-32H,1-2H3. The first-order valence-electron chi connectivity index (χ1n) is 11.6. The molecule has 0 atom stereocenters. The summed E-state index contributed by atoms with van der Waals surface area (Å²) in [5, 5.41) is 8.10. The minimum absolute atomic E-state index is 0.151. The minimum atomic E-state index is -3.79. The van der Waals surface area contributed by atoms with Crippen molar-refractivity contribution < 1.29 is 16.8 Å². The zero-order chi connectivity index (χ0) is 27.2. The number of rotatable bonds is 9. The number of nitrogens with one attached hydrogen (secondary N) is 2. The second-order valence-electron chi connectivity index (χ2n) is 8.50. The van der Waals surface area contributed by atoms with Crippen LogP contribution in [0.5, 0.6) is 0 Å². The SMILES string of the molecule is Cc1ccc(S(=O)(=O)Nc2ccccc2C=NN=Cc2ccccc2NS(=O)(=O)c2ccc(C)cc2)cc1. The van der Waals surface area contributed by atoms with Crippen LogP contribution in [0, 0.1) is 13.8 Å². The third-order valence-electron chi connectivity index (χ3n) is 5.53. The summed E-state index contributed by atoms with van der Waals surface area (Å²) in [6.45, 7) is 3.76. The number of benzene rings is 4. The van der Waals surface area contributed by atoms with Crippen LogP contribution in [-0.4, -0.2) is 29.3 Å². The van der Waals surface area contributed by atoms with Gasteiger partial charge >= 0.3 is 0 Å². The van der Waals surface area contributed by atoms with Crippen LogP contribution in [0.25, 0.3) is 0 Å². The van der Waals surface area contributed by atoms with E-state index < -0.39 is 20.0 Å². The molecule has 194 valence electrons. The van der Waals surface area contributed by atoms with Crippen molar-refractivity contribution in [3.63, 3.8) is 0 Å². The Balaban J connectivity index is 1.51. The molecule has 0 bridgehead atoms. The van der Waals surface area contributed by atoms with Crippen molar-refractivity contribution >= 4 is 43.9 Å². The van der Waals surface area contributed by atoms with Crippen molar-refractivity contribution in [2.75, 3.05) is 9.44 Å². The number of sulfonamides is 2. The lowest BCUT2D eigenvalue weighted by Crippen LogP contribution is -2.14. The highest BCUT2D eigenvalue weighted by molar-refractivity contribution is 7.93. The van der Waals surface area contributed by atoms with Gasteiger partial charge in [-0.1, -0.05) is 71.8 Å². The molecule has 0 aliphatic rings. The van der Waals surface area contributed by atoms with Gasteiger partial charge < -0.3 is 0 Å². The summed E-state index contributed by atoms with van der Waals surface area (Å²) < 4.78 is 56.4. The Bertz CT molecular complexity index is 1570. The Morgan fingerprint density at radius 1 is 0.526 bits per heavy atom. The molecule has 0 unspecified atom stereocenters. The fourth-order valence-corrected chi connectivity index (χ4v) is 5.61. The number of hydrogen-bond acceptors (Lipinski definition) is 6. The number of nitrogens with zero attached hydrogens (tertiary/aromatic N) is 2. The highest BCUT2D eigenvalue weighted by Gasteiger charge is 2.16. The van der Waals surface area contributed by atoms with Crippen LogP contribution in [0.1, 0.15) is 22.3 Å². The molecule has 0 heterocycles. The largest absolute Gasteiger partial charge is 0.279 e. The van der Waals surface area contributed by atoms with Crippen LogP contribution in [0.2, 0.25) is 0 Å². The summed E-state index contributed by atoms with van der Waals surface area (Å²) >= 11 is 0. The van der Waals surface area contributed by atoms with Gasteiger partial charge in [-0.3, -0.25) is 9.44 Å². The van der Waals surface area contributed by atoms with Gasteiger partial charge in [0.25, 0.3) is 20.0 Å². The van der Waals surface area contributed by atoms with E-state index in [1.54, 1.807) is 97.1 Å². The van der Waals surface area contributed by atoms with E-state index in [0.717, 1.165) is 11.1 Å². The van der Waals surface area contributed by atoms with Gasteiger partial charge in [0.05, 0.1) is 33.6 Å². The van der Waals surface area contributed by atoms with Crippen molar-refractivity contribution in [1.29, 1.82) is 0 Å². The molecule has 38 heavy (non-hydrogen) atoms. The predicted octanol–water partition coefficient (Wildman–Crippen LogP) is 5.36. The Kier molecular flexibility index (Phi) is 8.04. The molecular weight excluding hydrogens is 520 g/mol. The van der Waals surface area contributed by atoms with Gasteiger partial charge in [-0.2, -0.15) is 10.2 Å². The van der Waals surface area contributed by atoms with Gasteiger partial charge in [0.2, 0.25) is 0 Å². The summed E-state index contributed by atoms with van der Waals surface area (Å²) in [5.74, 6) is 0. The molecule has 10 heteroatoms. The third-order valence-corrected chi connectivity index (χ3v) is 8.30. The number of anilines is 2. The predicted molar refractivity (Wildman–Crippen MR) is 152 cm³/mol. The molecule has 0 fully saturated rings. The van der Waals surface area contributed by atoms with Crippen molar-refractivity contribution in [3.8, 4) is 0 Å². The van der Waals surface area contributed by atoms with Crippen LogP contribution < -0.4 is 9.44 Å². The summed E-state index contributed by atoms with van der Waals surface area (Å²) in [7, 11) is -7.58. The second-order valence-corrected chi connectivity index (χ2v) is 11.9. The highest BCUT2D eigenvalue weighted by atomic mass is 32.2. The van der Waals surface area contributed by atoms with Crippen molar-refractivity contribution in [3.05, 3.63) is 119 Å². The van der Waals surface area contributed by atoms with E-state index in [1.807, 2.05) is 13.8 Å². The van der Waals surface area contributed by atoms with E-state index >= 15 is 0 Å². The maximum atomic E-state index is 12.8. The van der Waals surface area contributed by atoms with Crippen LogP contribution in [0.3, 0.4) is 0 Å². The zero-order valence-electron chi connectivity index (χ0n) is 20.7. The van der Waals surface area contributed by atoms with E-state index in [0.29, 0.717) is 22.5 Å². The van der Waals surface area contributed by atoms with Gasteiger partial charge in [-0.25, -0.2) is 16.8 Å². The first kappa shape index (κ1) is 26.8. The second kappa shape index (κ2) is 11.4. The molecule has 0 aromatic heterocycles. The van der Waals surface area contributed by atoms with Crippen molar-refractivity contribution in [2.24, 2.45) is 10.2 Å². The lowest BCUT2D eigenvalue weighted by Gasteiger charge is -2.11. The molecule has 4 aromatic rings. The third kappa shape index (κ3) is 6.72. The summed E-state index contributed by atoms with van der Waals surface area (Å²) in [6, 6.07) is 26.7. The van der Waals surface area contributed by atoms with Crippen LogP contribution in [0.4, 0.5) is 11.4 Å². The zero-order valence-corrected chi connectivity index (χ0v) is 22.4. The summed E-state index contributed by atoms with van der Waals surface area (Å²) in [5.41, 5.74) is 3.62. The molecule has 4 rings (SSSR count). The minimum Gasteiger partial charge on any atom is -0.279 e. The molecule has 0 saturated heterocycles. The van der Waals surface area contributed by atoms with E-state index in [1.165, 1.54) is 12.4 Å². The highest BCUT2D eigenvalue weighted by Crippen LogP contribution is 2.21. The molecule has 4 aromatic carbocycles. The molecule has 0 spiro atoms. The Morgan fingerprint density at radius 3 is 1.24 bits per heavy atom. The maximum absolute atomic E-state index is 12.8. The molecule has 2 N–H and O–H groups in total. The van der Waals surface area contributed by atoms with Crippen LogP contribution in [-0.2, 0) is 20.0 Å². The first-order valence-corrected chi connectivity index (χ1v) is 14.5. The van der Waals surface area contributed by atoms with Crippen LogP contribution >= 0.6 is 0 Å². The molecule has 0 saturated carbocycles. The van der Waals surface area contributed by atoms with E-state index in [-0.39, 0.29) is 9.79 Å². The average Bonchev–Trinajstić information content (AvgIpc) is 2.88. The molecule has 0 radical (unpaired) electrons. The Morgan fingerprint density at radius 2 is 0.868 bits per heavy atom. The van der Waals surface area contributed by atoms with Crippen LogP contribution in [0.15, 0.2) is 117 Å². The van der Waals surface area contributed by atoms with E-state index in [2.05, 4.69) is 19.6 Å². The average molecular weight is 547 g/mol. The van der Waals surface area contributed by atoms with Crippen molar-refractivity contribution in [2.45, 2.75) is 23.6 Å². The monoisotopic (exact) mass is 546 g/mol. The smallest absolute Gasteiger partial charge is 0.261 e. The Labute approximate surface area is 222 Å². The summed E-state index contributed by atoms with van der Waals surface area (Å²) in [6.07, 6.45) is 2.84. The number of aryl methyl sites for hydroxylation is 2. The quantitative estimate of drug-likeness (QED) is 0.217. The lowest BCUT2D eigenvalue weighted by molar-refractivity contribution is 0.599. The lowest BCUT2D eigenvalue weighted by atomic mass is 10.2. The molecule has 8 nitrogen and oxygen atoms in total. The van der Waals surface area contributed by atoms with Gasteiger partial charge in [-0.15, -0.1) is 0 Å². The summed E-state index contributed by atoms with van der Waals surface area (Å²) in [4.78, 5) is 0.301. The topological polar surface area (TPSA) is 117 Å². The maximum Gasteiger partial charge on any atom is 0.261 e. The molecule has 0 aliphatic heterocycles. The molecule has 0 amide bonds. The van der Waals surface area contributed by atoms with Gasteiger partial charge in [0.1, 0.15) is 0 Å². The molecule has 0 aliphatic carbocycles. The number of hydrogen-bond donors (Lipinski definition) is 2.